The number of phenols is 1. The van der Waals surface area contributed by atoms with Crippen LogP contribution in [0.15, 0.2) is 30.3 Å². The fourth-order valence-electron chi connectivity index (χ4n) is 2.31. The molecule has 0 bridgehead atoms. The van der Waals surface area contributed by atoms with Crippen LogP contribution in [-0.4, -0.2) is 48.1 Å². The van der Waals surface area contributed by atoms with Crippen LogP contribution in [0.3, 0.4) is 0 Å². The van der Waals surface area contributed by atoms with Crippen LogP contribution >= 0.6 is 0 Å². The predicted molar refractivity (Wildman–Crippen MR) is 84.4 cm³/mol. The largest absolute Gasteiger partial charge is 0.508 e. The minimum Gasteiger partial charge on any atom is -0.508 e. The Labute approximate surface area is 129 Å². The number of rotatable bonds is 4. The second-order valence-electron chi connectivity index (χ2n) is 5.19. The summed E-state index contributed by atoms with van der Waals surface area (Å²) in [6, 6.07) is 6.97. The summed E-state index contributed by atoms with van der Waals surface area (Å²) >= 11 is 0. The van der Waals surface area contributed by atoms with Crippen LogP contribution in [0.1, 0.15) is 18.9 Å². The molecule has 0 atom stereocenters. The van der Waals surface area contributed by atoms with Gasteiger partial charge in [-0.25, -0.2) is 4.79 Å². The Morgan fingerprint density at radius 3 is 2.45 bits per heavy atom. The van der Waals surface area contributed by atoms with E-state index in [0.29, 0.717) is 26.2 Å². The number of aromatic hydroxyl groups is 1. The van der Waals surface area contributed by atoms with Crippen LogP contribution in [0, 0.1) is 0 Å². The van der Waals surface area contributed by atoms with E-state index in [-0.39, 0.29) is 17.7 Å². The molecule has 0 radical (unpaired) electrons. The molecule has 0 fully saturated rings. The number of hydrogen-bond acceptors (Lipinski definition) is 3. The van der Waals surface area contributed by atoms with Gasteiger partial charge in [0, 0.05) is 33.1 Å². The van der Waals surface area contributed by atoms with E-state index in [0.717, 1.165) is 12.0 Å². The van der Waals surface area contributed by atoms with Gasteiger partial charge in [0.2, 0.25) is 5.91 Å². The number of amides is 3. The van der Waals surface area contributed by atoms with Crippen molar-refractivity contribution < 1.29 is 14.7 Å². The van der Waals surface area contributed by atoms with Crippen LogP contribution in [0.2, 0.25) is 0 Å². The molecule has 0 aliphatic carbocycles. The average Bonchev–Trinajstić information content (AvgIpc) is 2.52. The lowest BCUT2D eigenvalue weighted by molar-refractivity contribution is -0.118. The maximum atomic E-state index is 12.0. The zero-order valence-electron chi connectivity index (χ0n) is 12.6. The number of hydrogen-bond donors (Lipinski definition) is 3. The zero-order valence-corrected chi connectivity index (χ0v) is 12.6. The van der Waals surface area contributed by atoms with Gasteiger partial charge < -0.3 is 20.6 Å². The number of benzene rings is 1. The lowest BCUT2D eigenvalue weighted by atomic mass is 9.99. The van der Waals surface area contributed by atoms with Gasteiger partial charge >= 0.3 is 6.03 Å². The third-order valence-electron chi connectivity index (χ3n) is 3.51. The molecule has 3 amide bonds. The van der Waals surface area contributed by atoms with Crippen molar-refractivity contribution in [3.05, 3.63) is 35.9 Å². The Morgan fingerprint density at radius 1 is 1.18 bits per heavy atom. The standard InChI is InChI=1S/C16H21N3O3/c1-12(20)17-8-9-18-16(22)19-10-6-14(7-11-19)13-2-4-15(21)5-3-13/h2-6,21H,7-11H2,1H3,(H,17,20)(H,18,22). The molecule has 0 saturated heterocycles. The van der Waals surface area contributed by atoms with Gasteiger partial charge in [-0.3, -0.25) is 4.79 Å². The molecule has 1 aromatic rings. The van der Waals surface area contributed by atoms with Crippen molar-refractivity contribution in [1.29, 1.82) is 0 Å². The molecule has 118 valence electrons. The lowest BCUT2D eigenvalue weighted by Crippen LogP contribution is -2.44. The number of phenolic OH excluding ortho intramolecular Hbond substituents is 1. The molecule has 1 heterocycles. The smallest absolute Gasteiger partial charge is 0.317 e. The summed E-state index contributed by atoms with van der Waals surface area (Å²) in [5, 5.41) is 14.7. The van der Waals surface area contributed by atoms with Crippen LogP contribution in [-0.2, 0) is 4.79 Å². The van der Waals surface area contributed by atoms with Crippen LogP contribution in [0.5, 0.6) is 5.75 Å². The highest BCUT2D eigenvalue weighted by Gasteiger charge is 2.17. The molecular formula is C16H21N3O3. The highest BCUT2D eigenvalue weighted by atomic mass is 16.3. The highest BCUT2D eigenvalue weighted by Crippen LogP contribution is 2.23. The van der Waals surface area contributed by atoms with E-state index in [9.17, 15) is 14.7 Å². The number of nitrogens with zero attached hydrogens (tertiary/aromatic N) is 1. The predicted octanol–water partition coefficient (Wildman–Crippen LogP) is 1.33. The molecule has 0 saturated carbocycles. The maximum absolute atomic E-state index is 12.0. The summed E-state index contributed by atoms with van der Waals surface area (Å²) in [6.07, 6.45) is 2.81. The van der Waals surface area contributed by atoms with Crippen LogP contribution in [0.4, 0.5) is 4.79 Å². The van der Waals surface area contributed by atoms with Crippen LogP contribution in [0.25, 0.3) is 5.57 Å². The number of carbonyl (C=O) groups excluding carboxylic acids is 2. The number of urea groups is 1. The van der Waals surface area contributed by atoms with Gasteiger partial charge in [-0.2, -0.15) is 0 Å². The van der Waals surface area contributed by atoms with E-state index in [2.05, 4.69) is 10.6 Å². The minimum absolute atomic E-state index is 0.103. The Kier molecular flexibility index (Phi) is 5.41. The first-order chi connectivity index (χ1) is 10.6. The normalized spacial score (nSPS) is 14.2. The van der Waals surface area contributed by atoms with E-state index in [1.165, 1.54) is 12.5 Å². The van der Waals surface area contributed by atoms with Crippen molar-refractivity contribution in [3.63, 3.8) is 0 Å². The van der Waals surface area contributed by atoms with Gasteiger partial charge in [-0.05, 0) is 29.7 Å². The van der Waals surface area contributed by atoms with Gasteiger partial charge in [0.05, 0.1) is 0 Å². The van der Waals surface area contributed by atoms with Gasteiger partial charge in [-0.15, -0.1) is 0 Å². The first-order valence-corrected chi connectivity index (χ1v) is 7.32. The van der Waals surface area contributed by atoms with E-state index < -0.39 is 0 Å². The van der Waals surface area contributed by atoms with Crippen molar-refractivity contribution >= 4 is 17.5 Å². The fraction of sp³-hybridized carbons (Fsp3) is 0.375. The molecule has 0 aromatic heterocycles. The Bertz CT molecular complexity index is 567. The molecule has 1 aliphatic heterocycles. The molecule has 0 unspecified atom stereocenters. The summed E-state index contributed by atoms with van der Waals surface area (Å²) < 4.78 is 0. The molecule has 1 aliphatic rings. The van der Waals surface area contributed by atoms with Crippen molar-refractivity contribution in [2.45, 2.75) is 13.3 Å². The molecule has 6 nitrogen and oxygen atoms in total. The van der Waals surface area contributed by atoms with Gasteiger partial charge in [0.15, 0.2) is 0 Å². The van der Waals surface area contributed by atoms with Gasteiger partial charge in [0.1, 0.15) is 5.75 Å². The maximum Gasteiger partial charge on any atom is 0.317 e. The van der Waals surface area contributed by atoms with Crippen molar-refractivity contribution in [1.82, 2.24) is 15.5 Å². The van der Waals surface area contributed by atoms with Gasteiger partial charge in [0.25, 0.3) is 0 Å². The van der Waals surface area contributed by atoms with Crippen LogP contribution < -0.4 is 10.6 Å². The molecule has 1 aromatic carbocycles. The summed E-state index contributed by atoms with van der Waals surface area (Å²) in [4.78, 5) is 24.4. The third kappa shape index (κ3) is 4.51. The van der Waals surface area contributed by atoms with E-state index in [1.807, 2.05) is 18.2 Å². The van der Waals surface area contributed by atoms with Gasteiger partial charge in [-0.1, -0.05) is 18.2 Å². The van der Waals surface area contributed by atoms with Crippen molar-refractivity contribution in [2.75, 3.05) is 26.2 Å². The Morgan fingerprint density at radius 2 is 1.86 bits per heavy atom. The fourth-order valence-corrected chi connectivity index (χ4v) is 2.31. The van der Waals surface area contributed by atoms with E-state index in [4.69, 9.17) is 0 Å². The first kappa shape index (κ1) is 15.9. The molecule has 0 spiro atoms. The SMILES string of the molecule is CC(=O)NCCNC(=O)N1CC=C(c2ccc(O)cc2)CC1. The number of carbonyl (C=O) groups is 2. The summed E-state index contributed by atoms with van der Waals surface area (Å²) in [6.45, 7) is 3.51. The summed E-state index contributed by atoms with van der Waals surface area (Å²) in [5.41, 5.74) is 2.26. The molecule has 2 rings (SSSR count). The monoisotopic (exact) mass is 303 g/mol. The van der Waals surface area contributed by atoms with Crippen molar-refractivity contribution in [3.8, 4) is 5.75 Å². The number of nitrogens with one attached hydrogen (secondary N) is 2. The topological polar surface area (TPSA) is 81.7 Å². The summed E-state index contributed by atoms with van der Waals surface area (Å²) in [7, 11) is 0. The minimum atomic E-state index is -0.119. The highest BCUT2D eigenvalue weighted by molar-refractivity contribution is 5.77. The second kappa shape index (κ2) is 7.49. The van der Waals surface area contributed by atoms with E-state index >= 15 is 0 Å². The zero-order chi connectivity index (χ0) is 15.9. The Hall–Kier alpha value is -2.50. The third-order valence-corrected chi connectivity index (χ3v) is 3.51. The molecule has 6 heteroatoms. The second-order valence-corrected chi connectivity index (χ2v) is 5.19. The lowest BCUT2D eigenvalue weighted by Gasteiger charge is -2.27. The molecular weight excluding hydrogens is 282 g/mol. The summed E-state index contributed by atoms with van der Waals surface area (Å²) in [5.74, 6) is 0.147. The molecule has 3 N–H and O–H groups in total. The van der Waals surface area contributed by atoms with Crippen molar-refractivity contribution in [2.24, 2.45) is 0 Å². The first-order valence-electron chi connectivity index (χ1n) is 7.32. The average molecular weight is 303 g/mol. The quantitative estimate of drug-likeness (QED) is 0.734. The Balaban J connectivity index is 1.81. The van der Waals surface area contributed by atoms with E-state index in [1.54, 1.807) is 17.0 Å². The molecule has 22 heavy (non-hydrogen) atoms.